The maximum absolute atomic E-state index is 4.94. The zero-order valence-electron chi connectivity index (χ0n) is 7.85. The van der Waals surface area contributed by atoms with Crippen LogP contribution in [0.5, 0.6) is 0 Å². The van der Waals surface area contributed by atoms with Gasteiger partial charge in [0.2, 0.25) is 0 Å². The molecule has 0 aromatic rings. The van der Waals surface area contributed by atoms with Gasteiger partial charge in [-0.1, -0.05) is 0 Å². The Bertz CT molecular complexity index is 50.2. The van der Waals surface area contributed by atoms with E-state index in [2.05, 4.69) is 0 Å². The van der Waals surface area contributed by atoms with Gasteiger partial charge in [0.15, 0.2) is 0 Å². The van der Waals surface area contributed by atoms with Crippen LogP contribution < -0.4 is 31.3 Å². The first kappa shape index (κ1) is 15.3. The van der Waals surface area contributed by atoms with Gasteiger partial charge in [0, 0.05) is 26.4 Å². The van der Waals surface area contributed by atoms with Crippen molar-refractivity contribution in [3.63, 3.8) is 0 Å². The minimum Gasteiger partial charge on any atom is -1.00 e. The molecule has 0 unspecified atom stereocenters. The van der Waals surface area contributed by atoms with Gasteiger partial charge in [-0.2, -0.15) is 0 Å². The Labute approximate surface area is 93.0 Å². The molecule has 0 aromatic carbocycles. The van der Waals surface area contributed by atoms with Gasteiger partial charge < -0.3 is 21.9 Å². The molecule has 0 amide bonds. The van der Waals surface area contributed by atoms with Crippen LogP contribution in [0.2, 0.25) is 0 Å². The van der Waals surface area contributed by atoms with Crippen molar-refractivity contribution in [3.05, 3.63) is 0 Å². The minimum atomic E-state index is 0. The maximum Gasteiger partial charge on any atom is 1.00 e. The molecule has 2 aliphatic rings. The molecule has 2 aliphatic heterocycles. The van der Waals surface area contributed by atoms with E-state index < -0.39 is 0 Å². The van der Waals surface area contributed by atoms with Crippen molar-refractivity contribution in [2.45, 2.75) is 25.7 Å². The van der Waals surface area contributed by atoms with Gasteiger partial charge in [-0.25, -0.2) is 0 Å². The number of rotatable bonds is 0. The molecular formula is C8H16ClLiO2. The van der Waals surface area contributed by atoms with Crippen molar-refractivity contribution in [1.29, 1.82) is 0 Å². The Morgan fingerprint density at radius 2 is 0.833 bits per heavy atom. The molecule has 0 spiro atoms. The van der Waals surface area contributed by atoms with Crippen LogP contribution in [0.1, 0.15) is 25.7 Å². The first-order valence-corrected chi connectivity index (χ1v) is 4.15. The number of hydrogen-bond donors (Lipinski definition) is 0. The minimum absolute atomic E-state index is 0. The van der Waals surface area contributed by atoms with Crippen LogP contribution in [0.3, 0.4) is 0 Å². The van der Waals surface area contributed by atoms with Crippen LogP contribution in [0.25, 0.3) is 0 Å². The molecule has 0 aliphatic carbocycles. The van der Waals surface area contributed by atoms with Crippen molar-refractivity contribution in [2.75, 3.05) is 26.4 Å². The molecule has 12 heavy (non-hydrogen) atoms. The summed E-state index contributed by atoms with van der Waals surface area (Å²) < 4.78 is 9.89. The van der Waals surface area contributed by atoms with E-state index in [0.717, 1.165) is 26.4 Å². The molecule has 2 fully saturated rings. The predicted molar refractivity (Wildman–Crippen MR) is 40.1 cm³/mol. The Morgan fingerprint density at radius 3 is 0.917 bits per heavy atom. The summed E-state index contributed by atoms with van der Waals surface area (Å²) in [6.45, 7) is 4.00. The van der Waals surface area contributed by atoms with Gasteiger partial charge in [-0.05, 0) is 25.7 Å². The summed E-state index contributed by atoms with van der Waals surface area (Å²) in [6.07, 6.45) is 5.11. The molecule has 2 heterocycles. The molecule has 0 saturated carbocycles. The standard InChI is InChI=1S/2C4H8O.ClH.Li/c2*1-2-4-5-3-1;;/h2*1-4H2;1H;/q;;;+1/p-1. The Hall–Kier alpha value is 0.807. The van der Waals surface area contributed by atoms with Crippen LogP contribution >= 0.6 is 0 Å². The van der Waals surface area contributed by atoms with Crippen LogP contribution in [0.4, 0.5) is 0 Å². The van der Waals surface area contributed by atoms with Gasteiger partial charge >= 0.3 is 18.9 Å². The molecule has 0 bridgehead atoms. The van der Waals surface area contributed by atoms with Gasteiger partial charge in [0.1, 0.15) is 0 Å². The molecule has 0 N–H and O–H groups in total. The molecule has 0 aromatic heterocycles. The fraction of sp³-hybridized carbons (Fsp3) is 1.00. The third-order valence-electron chi connectivity index (χ3n) is 1.65. The smallest absolute Gasteiger partial charge is 1.00 e. The molecule has 0 radical (unpaired) electrons. The van der Waals surface area contributed by atoms with Crippen molar-refractivity contribution in [2.24, 2.45) is 0 Å². The van der Waals surface area contributed by atoms with Crippen LogP contribution in [0, 0.1) is 0 Å². The topological polar surface area (TPSA) is 18.5 Å². The molecule has 0 atom stereocenters. The quantitative estimate of drug-likeness (QED) is 0.356. The Kier molecular flexibility index (Phi) is 15.0. The normalized spacial score (nSPS) is 20.0. The zero-order valence-corrected chi connectivity index (χ0v) is 8.61. The summed E-state index contributed by atoms with van der Waals surface area (Å²) in [5, 5.41) is 0. The fourth-order valence-corrected chi connectivity index (χ4v) is 1.02. The average Bonchev–Trinajstić information content (AvgIpc) is 2.67. The summed E-state index contributed by atoms with van der Waals surface area (Å²) in [5.74, 6) is 0. The number of halogens is 1. The van der Waals surface area contributed by atoms with Crippen LogP contribution in [0.15, 0.2) is 0 Å². The van der Waals surface area contributed by atoms with Crippen molar-refractivity contribution >= 4 is 0 Å². The van der Waals surface area contributed by atoms with E-state index in [0.29, 0.717) is 0 Å². The number of ether oxygens (including phenoxy) is 2. The molecule has 4 heteroatoms. The Balaban J connectivity index is 0. The molecule has 68 valence electrons. The maximum atomic E-state index is 4.94. The predicted octanol–water partition coefficient (Wildman–Crippen LogP) is -4.40. The van der Waals surface area contributed by atoms with E-state index in [9.17, 15) is 0 Å². The van der Waals surface area contributed by atoms with Gasteiger partial charge in [0.05, 0.1) is 0 Å². The summed E-state index contributed by atoms with van der Waals surface area (Å²) >= 11 is 0. The van der Waals surface area contributed by atoms with Crippen molar-refractivity contribution < 1.29 is 40.7 Å². The zero-order chi connectivity index (χ0) is 7.07. The van der Waals surface area contributed by atoms with E-state index in [1.165, 1.54) is 25.7 Å². The fourth-order valence-electron chi connectivity index (χ4n) is 1.02. The molecular weight excluding hydrogens is 170 g/mol. The van der Waals surface area contributed by atoms with Gasteiger partial charge in [0.25, 0.3) is 0 Å². The third-order valence-corrected chi connectivity index (χ3v) is 1.65. The van der Waals surface area contributed by atoms with Crippen LogP contribution in [-0.2, 0) is 9.47 Å². The van der Waals surface area contributed by atoms with E-state index in [-0.39, 0.29) is 31.3 Å². The molecule has 2 saturated heterocycles. The third kappa shape index (κ3) is 8.90. The number of hydrogen-bond acceptors (Lipinski definition) is 2. The summed E-state index contributed by atoms with van der Waals surface area (Å²) in [6, 6.07) is 0. The van der Waals surface area contributed by atoms with Crippen LogP contribution in [-0.4, -0.2) is 26.4 Å². The molecule has 2 nitrogen and oxygen atoms in total. The second-order valence-electron chi connectivity index (χ2n) is 2.64. The summed E-state index contributed by atoms with van der Waals surface area (Å²) in [7, 11) is 0. The van der Waals surface area contributed by atoms with Gasteiger partial charge in [-0.3, -0.25) is 0 Å². The first-order valence-electron chi connectivity index (χ1n) is 4.15. The summed E-state index contributed by atoms with van der Waals surface area (Å²) in [5.41, 5.74) is 0. The second kappa shape index (κ2) is 11.8. The second-order valence-corrected chi connectivity index (χ2v) is 2.64. The van der Waals surface area contributed by atoms with E-state index in [1.54, 1.807) is 0 Å². The first-order chi connectivity index (χ1) is 5.00. The van der Waals surface area contributed by atoms with E-state index in [4.69, 9.17) is 9.47 Å². The average molecular weight is 187 g/mol. The largest absolute Gasteiger partial charge is 1.00 e. The van der Waals surface area contributed by atoms with E-state index >= 15 is 0 Å². The van der Waals surface area contributed by atoms with Crippen molar-refractivity contribution in [3.8, 4) is 0 Å². The SMILES string of the molecule is C1CCOC1.C1CCOC1.[Cl-].[Li+]. The van der Waals surface area contributed by atoms with Gasteiger partial charge in [-0.15, -0.1) is 0 Å². The summed E-state index contributed by atoms with van der Waals surface area (Å²) in [4.78, 5) is 0. The van der Waals surface area contributed by atoms with E-state index in [1.807, 2.05) is 0 Å². The Morgan fingerprint density at radius 1 is 0.583 bits per heavy atom. The van der Waals surface area contributed by atoms with Crippen molar-refractivity contribution in [1.82, 2.24) is 0 Å². The molecule has 2 rings (SSSR count). The monoisotopic (exact) mass is 186 g/mol.